The number of esters is 4. The van der Waals surface area contributed by atoms with Gasteiger partial charge in [-0.15, -0.1) is 0 Å². The molecule has 2 heterocycles. The van der Waals surface area contributed by atoms with E-state index in [0.717, 1.165) is 39.0 Å². The summed E-state index contributed by atoms with van der Waals surface area (Å²) < 4.78 is 62.0. The molecule has 1 saturated heterocycles. The van der Waals surface area contributed by atoms with Gasteiger partial charge >= 0.3 is 23.9 Å². The smallest absolute Gasteiger partial charge is 0.308 e. The summed E-state index contributed by atoms with van der Waals surface area (Å²) >= 11 is 0. The summed E-state index contributed by atoms with van der Waals surface area (Å²) in [5, 5.41) is 46.9. The lowest BCUT2D eigenvalue weighted by Gasteiger charge is -2.57. The van der Waals surface area contributed by atoms with Crippen molar-refractivity contribution in [2.24, 2.45) is 0 Å². The lowest BCUT2D eigenvalue weighted by atomic mass is 9.58. The Kier molecular flexibility index (Phi) is 8.50. The van der Waals surface area contributed by atoms with Crippen LogP contribution in [0, 0.1) is 0 Å². The largest absolute Gasteiger partial charge is 0.506 e. The van der Waals surface area contributed by atoms with E-state index in [1.54, 1.807) is 0 Å². The van der Waals surface area contributed by atoms with Crippen molar-refractivity contribution in [3.8, 4) is 23.0 Å². The average molecular weight is 721 g/mol. The van der Waals surface area contributed by atoms with Crippen LogP contribution in [0.2, 0.25) is 0 Å². The highest BCUT2D eigenvalue weighted by Crippen LogP contribution is 2.56. The van der Waals surface area contributed by atoms with Gasteiger partial charge in [0.2, 0.25) is 5.43 Å². The summed E-state index contributed by atoms with van der Waals surface area (Å²) in [6.45, 7) is -4.32. The van der Waals surface area contributed by atoms with E-state index in [1.807, 2.05) is 0 Å². The number of hydrogen-bond donors (Lipinski definition) is 4. The molecule has 1 aliphatic rings. The van der Waals surface area contributed by atoms with Crippen LogP contribution in [0.4, 0.5) is 0 Å². The van der Waals surface area contributed by atoms with Crippen molar-refractivity contribution in [3.63, 3.8) is 0 Å². The number of rotatable bonds is 9. The zero-order valence-electron chi connectivity index (χ0n) is 30.9. The summed E-state index contributed by atoms with van der Waals surface area (Å²) in [5.74, 6) is -13.3. The third-order valence-corrected chi connectivity index (χ3v) is 7.93. The van der Waals surface area contributed by atoms with Crippen LogP contribution in [0.5, 0.6) is 23.0 Å². The van der Waals surface area contributed by atoms with Crippen molar-refractivity contribution in [1.29, 1.82) is 0 Å². The Balaban J connectivity index is 2.23. The number of phenolic OH excluding ortho intramolecular Hbond substituents is 1. The molecule has 51 heavy (non-hydrogen) atoms. The van der Waals surface area contributed by atoms with Crippen LogP contribution in [0.15, 0.2) is 27.4 Å². The van der Waals surface area contributed by atoms with Crippen molar-refractivity contribution in [1.82, 2.24) is 0 Å². The highest BCUT2D eigenvalue weighted by molar-refractivity contribution is 6.06. The Bertz CT molecular complexity index is 2200. The third-order valence-electron chi connectivity index (χ3n) is 7.93. The normalized spacial score (nSPS) is 25.5. The molecule has 1 aromatic heterocycles. The summed E-state index contributed by atoms with van der Waals surface area (Å²) in [6.07, 6.45) is -5.49. The number of aromatic hydroxyl groups is 1. The number of benzene rings is 2. The molecular weight excluding hydrogens is 684 g/mol. The minimum Gasteiger partial charge on any atom is -0.506 e. The first-order valence-corrected chi connectivity index (χ1v) is 14.3. The molecular formula is C33H32O18. The zero-order valence-corrected chi connectivity index (χ0v) is 26.9. The quantitative estimate of drug-likeness (QED) is 0.132. The number of ketones is 3. The van der Waals surface area contributed by atoms with Crippen molar-refractivity contribution in [2.45, 2.75) is 77.4 Å². The standard InChI is InChI=1S/C33H32O18/c1-12(34)31(43)25(11-46-15(4)37)51-30(32(44,13(2)35)33(31,45)14(3)36)27-24(49-18(7)40)10-23-26(29(27)42)28(41)19-8-21(47-16(5)38)22(48-17(6)39)9-20(19)50-23/h8-10,25,30,42-45H,11H2,1-7H3/t25-,30?,31-,32+,33+/m1/s1/i1D,2D,3D,4D. The van der Waals surface area contributed by atoms with Crippen molar-refractivity contribution < 1.29 is 87.6 Å². The molecule has 18 nitrogen and oxygen atoms in total. The molecule has 2 aromatic carbocycles. The van der Waals surface area contributed by atoms with E-state index in [0.29, 0.717) is 0 Å². The topological polar surface area (TPSA) is 277 Å². The molecule has 5 atom stereocenters. The number of phenols is 1. The van der Waals surface area contributed by atoms with Gasteiger partial charge in [0.05, 0.1) is 10.9 Å². The Labute approximate surface area is 292 Å². The molecule has 0 radical (unpaired) electrons. The van der Waals surface area contributed by atoms with Gasteiger partial charge in [0, 0.05) is 45.3 Å². The summed E-state index contributed by atoms with van der Waals surface area (Å²) in [5.41, 5.74) is -15.7. The van der Waals surface area contributed by atoms with Crippen LogP contribution >= 0.6 is 0 Å². The highest BCUT2D eigenvalue weighted by atomic mass is 16.6. The molecule has 18 heteroatoms. The molecule has 0 amide bonds. The van der Waals surface area contributed by atoms with Gasteiger partial charge in [0.25, 0.3) is 0 Å². The van der Waals surface area contributed by atoms with Crippen LogP contribution < -0.4 is 19.6 Å². The van der Waals surface area contributed by atoms with E-state index in [2.05, 4.69) is 0 Å². The molecule has 3 aromatic rings. The second-order valence-electron chi connectivity index (χ2n) is 11.2. The average Bonchev–Trinajstić information content (AvgIpc) is 3.12. The number of ether oxygens (including phenoxy) is 5. The molecule has 4 rings (SSSR count). The molecule has 0 spiro atoms. The fourth-order valence-corrected chi connectivity index (χ4v) is 5.79. The van der Waals surface area contributed by atoms with Gasteiger partial charge in [0.1, 0.15) is 46.9 Å². The maximum absolute atomic E-state index is 14.1. The SMILES string of the molecule is [2H]CC(=O)OC[C@H]1OC(c2c(OC(C)=O)cc3oc4cc(OC(C)=O)c(OC(C)=O)cc4c(=O)c3c2O)[C@@](O)(C(=O)C[2H])[C@](O)(C(=O)C[2H])[C@@]1(O)C(=O)C[2H]. The molecule has 0 bridgehead atoms. The molecule has 272 valence electrons. The van der Waals surface area contributed by atoms with Crippen LogP contribution in [-0.4, -0.2) is 91.2 Å². The Morgan fingerprint density at radius 1 is 0.745 bits per heavy atom. The molecule has 1 unspecified atom stereocenters. The Hall–Kier alpha value is -5.56. The number of hydrogen-bond acceptors (Lipinski definition) is 18. The van der Waals surface area contributed by atoms with E-state index in [9.17, 15) is 58.8 Å². The monoisotopic (exact) mass is 720 g/mol. The van der Waals surface area contributed by atoms with Gasteiger partial charge in [-0.05, 0) is 26.8 Å². The first-order chi connectivity index (χ1) is 25.7. The van der Waals surface area contributed by atoms with Crippen molar-refractivity contribution in [3.05, 3.63) is 34.0 Å². The van der Waals surface area contributed by atoms with E-state index < -0.39 is 155 Å². The molecule has 1 aliphatic heterocycles. The van der Waals surface area contributed by atoms with Crippen LogP contribution in [-0.2, 0) is 43.0 Å². The van der Waals surface area contributed by atoms with E-state index in [-0.39, 0.29) is 5.58 Å². The summed E-state index contributed by atoms with van der Waals surface area (Å²) in [4.78, 5) is 103. The first-order valence-electron chi connectivity index (χ1n) is 17.1. The molecule has 0 aliphatic carbocycles. The molecule has 1 fully saturated rings. The van der Waals surface area contributed by atoms with Gasteiger partial charge in [-0.3, -0.25) is 38.4 Å². The minimum atomic E-state index is -4.28. The fourth-order valence-electron chi connectivity index (χ4n) is 5.79. The van der Waals surface area contributed by atoms with Crippen molar-refractivity contribution >= 4 is 63.2 Å². The van der Waals surface area contributed by atoms with Crippen LogP contribution in [0.25, 0.3) is 21.9 Å². The maximum Gasteiger partial charge on any atom is 0.308 e. The molecule has 0 saturated carbocycles. The van der Waals surface area contributed by atoms with Gasteiger partial charge in [-0.25, -0.2) is 0 Å². The number of carbonyl (C=O) groups is 7. The number of aliphatic hydroxyl groups is 3. The van der Waals surface area contributed by atoms with E-state index >= 15 is 0 Å². The lowest BCUT2D eigenvalue weighted by molar-refractivity contribution is -0.324. The summed E-state index contributed by atoms with van der Waals surface area (Å²) in [7, 11) is 0. The number of Topliss-reactive ketones (excluding diaryl/α,β-unsaturated/α-hetero) is 3. The third kappa shape index (κ3) is 6.01. The number of carbonyl (C=O) groups excluding carboxylic acids is 7. The Morgan fingerprint density at radius 2 is 1.27 bits per heavy atom. The van der Waals surface area contributed by atoms with Crippen molar-refractivity contribution in [2.75, 3.05) is 6.61 Å². The first kappa shape index (κ1) is 32.6. The highest BCUT2D eigenvalue weighted by Gasteiger charge is 2.78. The van der Waals surface area contributed by atoms with Gasteiger partial charge in [0.15, 0.2) is 45.7 Å². The fraction of sp³-hybridized carbons (Fsp3) is 0.394. The lowest BCUT2D eigenvalue weighted by Crippen LogP contribution is -2.84. The van der Waals surface area contributed by atoms with Crippen LogP contribution in [0.1, 0.15) is 65.5 Å². The number of fused-ring (bicyclic) bond motifs is 2. The second kappa shape index (κ2) is 13.3. The minimum absolute atomic E-state index is 0.383. The van der Waals surface area contributed by atoms with Gasteiger partial charge < -0.3 is 48.5 Å². The van der Waals surface area contributed by atoms with E-state index in [1.165, 1.54) is 0 Å². The predicted octanol–water partition coefficient (Wildman–Crippen LogP) is 0.391. The van der Waals surface area contributed by atoms with Crippen LogP contribution in [0.3, 0.4) is 0 Å². The van der Waals surface area contributed by atoms with Gasteiger partial charge in [-0.2, -0.15) is 0 Å². The molecule has 4 N–H and O–H groups in total. The second-order valence-corrected chi connectivity index (χ2v) is 11.2. The predicted molar refractivity (Wildman–Crippen MR) is 167 cm³/mol. The summed E-state index contributed by atoms with van der Waals surface area (Å²) in [6, 6.07) is 2.57. The Morgan fingerprint density at radius 3 is 1.82 bits per heavy atom. The van der Waals surface area contributed by atoms with E-state index in [4.69, 9.17) is 33.6 Å². The zero-order chi connectivity index (χ0) is 41.4. The van der Waals surface area contributed by atoms with Gasteiger partial charge in [-0.1, -0.05) is 0 Å². The maximum atomic E-state index is 14.1.